The van der Waals surface area contributed by atoms with Crippen LogP contribution in [-0.4, -0.2) is 19.1 Å². The largest absolute Gasteiger partial charge is 0.486 e. The predicted molar refractivity (Wildman–Crippen MR) is 103 cm³/mol. The molecule has 1 heterocycles. The molecule has 0 fully saturated rings. The number of nitrogens with one attached hydrogen (secondary N) is 1. The summed E-state index contributed by atoms with van der Waals surface area (Å²) >= 11 is 0. The maximum absolute atomic E-state index is 13.0. The lowest BCUT2D eigenvalue weighted by molar-refractivity contribution is -0.124. The Bertz CT molecular complexity index is 744. The molecule has 3 rings (SSSR count). The number of ether oxygens (including phenoxy) is 2. The number of hydrogen-bond acceptors (Lipinski definition) is 3. The molecule has 0 saturated carbocycles. The summed E-state index contributed by atoms with van der Waals surface area (Å²) in [5, 5.41) is 3.18. The van der Waals surface area contributed by atoms with Crippen molar-refractivity contribution in [1.82, 2.24) is 5.32 Å². The summed E-state index contributed by atoms with van der Waals surface area (Å²) in [6.07, 6.45) is 0.950. The highest BCUT2D eigenvalue weighted by molar-refractivity contribution is 5.84. The molecule has 2 aromatic carbocycles. The number of benzene rings is 2. The van der Waals surface area contributed by atoms with Crippen molar-refractivity contribution in [3.8, 4) is 11.5 Å². The van der Waals surface area contributed by atoms with Gasteiger partial charge in [-0.2, -0.15) is 0 Å². The lowest BCUT2D eigenvalue weighted by atomic mass is 9.84. The third kappa shape index (κ3) is 4.01. The number of fused-ring (bicyclic) bond motifs is 1. The molecule has 2 aromatic rings. The normalized spacial score (nSPS) is 16.4. The van der Waals surface area contributed by atoms with Gasteiger partial charge >= 0.3 is 0 Å². The third-order valence-electron chi connectivity index (χ3n) is 5.08. The molecule has 3 unspecified atom stereocenters. The Labute approximate surface area is 155 Å². The smallest absolute Gasteiger partial charge is 0.228 e. The van der Waals surface area contributed by atoms with Crippen LogP contribution in [0.25, 0.3) is 0 Å². The van der Waals surface area contributed by atoms with Crippen molar-refractivity contribution in [3.63, 3.8) is 0 Å². The highest BCUT2D eigenvalue weighted by atomic mass is 16.6. The van der Waals surface area contributed by atoms with Gasteiger partial charge in [0.15, 0.2) is 11.5 Å². The van der Waals surface area contributed by atoms with Crippen molar-refractivity contribution >= 4 is 5.91 Å². The van der Waals surface area contributed by atoms with Crippen molar-refractivity contribution in [2.45, 2.75) is 39.2 Å². The van der Waals surface area contributed by atoms with Gasteiger partial charge in [-0.15, -0.1) is 0 Å². The van der Waals surface area contributed by atoms with Crippen molar-refractivity contribution in [2.75, 3.05) is 13.2 Å². The van der Waals surface area contributed by atoms with Crippen LogP contribution in [-0.2, 0) is 4.79 Å². The van der Waals surface area contributed by atoms with Gasteiger partial charge < -0.3 is 14.8 Å². The Morgan fingerprint density at radius 3 is 2.38 bits per heavy atom. The first kappa shape index (κ1) is 18.3. The molecule has 0 aliphatic carbocycles. The molecule has 1 N–H and O–H groups in total. The quantitative estimate of drug-likeness (QED) is 0.834. The average Bonchev–Trinajstić information content (AvgIpc) is 2.68. The first-order valence-electron chi connectivity index (χ1n) is 9.35. The van der Waals surface area contributed by atoms with Crippen LogP contribution in [0.1, 0.15) is 50.3 Å². The number of rotatable bonds is 6. The number of amides is 1. The zero-order valence-electron chi connectivity index (χ0n) is 15.7. The van der Waals surface area contributed by atoms with Gasteiger partial charge in [0.05, 0.1) is 12.0 Å². The molecule has 26 heavy (non-hydrogen) atoms. The van der Waals surface area contributed by atoms with Gasteiger partial charge in [0.2, 0.25) is 5.91 Å². The average molecular weight is 353 g/mol. The Morgan fingerprint density at radius 2 is 1.69 bits per heavy atom. The summed E-state index contributed by atoms with van der Waals surface area (Å²) in [5.41, 5.74) is 2.08. The SMILES string of the molecule is CCC(C)C(C(=O)NC(C)c1ccc2c(c1)OCCO2)c1ccccc1. The highest BCUT2D eigenvalue weighted by Crippen LogP contribution is 2.33. The zero-order chi connectivity index (χ0) is 18.5. The number of carbonyl (C=O) groups excluding carboxylic acids is 1. The summed E-state index contributed by atoms with van der Waals surface area (Å²) in [6.45, 7) is 7.39. The minimum atomic E-state index is -0.152. The molecule has 4 heteroatoms. The van der Waals surface area contributed by atoms with Crippen LogP contribution < -0.4 is 14.8 Å². The maximum Gasteiger partial charge on any atom is 0.228 e. The lowest BCUT2D eigenvalue weighted by Crippen LogP contribution is -2.34. The Balaban J connectivity index is 1.76. The molecule has 4 nitrogen and oxygen atoms in total. The van der Waals surface area contributed by atoms with E-state index in [0.29, 0.717) is 13.2 Å². The lowest BCUT2D eigenvalue weighted by Gasteiger charge is -2.26. The summed E-state index contributed by atoms with van der Waals surface area (Å²) < 4.78 is 11.2. The van der Waals surface area contributed by atoms with Crippen LogP contribution in [0.5, 0.6) is 11.5 Å². The van der Waals surface area contributed by atoms with Crippen molar-refractivity contribution in [1.29, 1.82) is 0 Å². The van der Waals surface area contributed by atoms with Crippen molar-refractivity contribution < 1.29 is 14.3 Å². The zero-order valence-corrected chi connectivity index (χ0v) is 15.7. The highest BCUT2D eigenvalue weighted by Gasteiger charge is 2.27. The van der Waals surface area contributed by atoms with Gasteiger partial charge in [-0.3, -0.25) is 4.79 Å². The second-order valence-electron chi connectivity index (χ2n) is 6.91. The van der Waals surface area contributed by atoms with E-state index in [1.807, 2.05) is 55.5 Å². The predicted octanol–water partition coefficient (Wildman–Crippen LogP) is 4.46. The number of carbonyl (C=O) groups is 1. The van der Waals surface area contributed by atoms with Gasteiger partial charge in [0, 0.05) is 0 Å². The van der Waals surface area contributed by atoms with E-state index < -0.39 is 0 Å². The van der Waals surface area contributed by atoms with E-state index in [2.05, 4.69) is 19.2 Å². The van der Waals surface area contributed by atoms with Crippen LogP contribution in [0.2, 0.25) is 0 Å². The fourth-order valence-corrected chi connectivity index (χ4v) is 3.35. The molecule has 0 aromatic heterocycles. The molecular weight excluding hydrogens is 326 g/mol. The fourth-order valence-electron chi connectivity index (χ4n) is 3.35. The van der Waals surface area contributed by atoms with E-state index in [-0.39, 0.29) is 23.8 Å². The van der Waals surface area contributed by atoms with E-state index in [1.54, 1.807) is 0 Å². The molecule has 0 radical (unpaired) electrons. The van der Waals surface area contributed by atoms with Crippen LogP contribution >= 0.6 is 0 Å². The minimum Gasteiger partial charge on any atom is -0.486 e. The van der Waals surface area contributed by atoms with Crippen LogP contribution in [0.3, 0.4) is 0 Å². The van der Waals surface area contributed by atoms with E-state index in [1.165, 1.54) is 0 Å². The monoisotopic (exact) mass is 353 g/mol. The summed E-state index contributed by atoms with van der Waals surface area (Å²) in [7, 11) is 0. The summed E-state index contributed by atoms with van der Waals surface area (Å²) in [5.74, 6) is 1.69. The Kier molecular flexibility index (Phi) is 5.82. The van der Waals surface area contributed by atoms with Gasteiger partial charge in [-0.25, -0.2) is 0 Å². The van der Waals surface area contributed by atoms with Crippen LogP contribution in [0.15, 0.2) is 48.5 Å². The van der Waals surface area contributed by atoms with Crippen molar-refractivity contribution in [3.05, 3.63) is 59.7 Å². The van der Waals surface area contributed by atoms with E-state index >= 15 is 0 Å². The van der Waals surface area contributed by atoms with Crippen molar-refractivity contribution in [2.24, 2.45) is 5.92 Å². The summed E-state index contributed by atoms with van der Waals surface area (Å²) in [6, 6.07) is 15.8. The van der Waals surface area contributed by atoms with E-state index in [4.69, 9.17) is 9.47 Å². The molecule has 1 aliphatic heterocycles. The second-order valence-corrected chi connectivity index (χ2v) is 6.91. The van der Waals surface area contributed by atoms with E-state index in [0.717, 1.165) is 29.0 Å². The first-order valence-corrected chi connectivity index (χ1v) is 9.35. The maximum atomic E-state index is 13.0. The standard InChI is InChI=1S/C22H27NO3/c1-4-15(2)21(17-8-6-5-7-9-17)22(24)23-16(3)18-10-11-19-20(14-18)26-13-12-25-19/h5-11,14-16,21H,4,12-13H2,1-3H3,(H,23,24). The number of hydrogen-bond donors (Lipinski definition) is 1. The van der Waals surface area contributed by atoms with Crippen LogP contribution in [0.4, 0.5) is 0 Å². The van der Waals surface area contributed by atoms with E-state index in [9.17, 15) is 4.79 Å². The van der Waals surface area contributed by atoms with Gasteiger partial charge in [0.25, 0.3) is 0 Å². The third-order valence-corrected chi connectivity index (χ3v) is 5.08. The molecule has 0 saturated heterocycles. The molecular formula is C22H27NO3. The molecule has 0 bridgehead atoms. The molecule has 1 aliphatic rings. The van der Waals surface area contributed by atoms with Gasteiger partial charge in [0.1, 0.15) is 13.2 Å². The minimum absolute atomic E-state index is 0.0629. The van der Waals surface area contributed by atoms with Gasteiger partial charge in [-0.05, 0) is 36.1 Å². The molecule has 138 valence electrons. The molecule has 3 atom stereocenters. The molecule has 0 spiro atoms. The van der Waals surface area contributed by atoms with Crippen LogP contribution in [0, 0.1) is 5.92 Å². The Morgan fingerprint density at radius 1 is 1.00 bits per heavy atom. The Hall–Kier alpha value is -2.49. The summed E-state index contributed by atoms with van der Waals surface area (Å²) in [4.78, 5) is 13.0. The topological polar surface area (TPSA) is 47.6 Å². The second kappa shape index (κ2) is 8.26. The first-order chi connectivity index (χ1) is 12.6. The fraction of sp³-hybridized carbons (Fsp3) is 0.409. The van der Waals surface area contributed by atoms with Gasteiger partial charge in [-0.1, -0.05) is 56.7 Å². The molecule has 1 amide bonds.